The predicted molar refractivity (Wildman–Crippen MR) is 163 cm³/mol. The number of hydrogen-bond acceptors (Lipinski definition) is 5. The fourth-order valence-electron chi connectivity index (χ4n) is 4.17. The Kier molecular flexibility index (Phi) is 11.6. The van der Waals surface area contributed by atoms with Gasteiger partial charge in [-0.1, -0.05) is 48.9 Å². The van der Waals surface area contributed by atoms with E-state index >= 15 is 0 Å². The number of anilines is 1. The highest BCUT2D eigenvalue weighted by Crippen LogP contribution is 2.27. The van der Waals surface area contributed by atoms with E-state index in [1.54, 1.807) is 31.2 Å². The average molecular weight is 600 g/mol. The van der Waals surface area contributed by atoms with E-state index < -0.39 is 28.5 Å². The van der Waals surface area contributed by atoms with Crippen LogP contribution in [0.4, 0.5) is 5.69 Å². The lowest BCUT2D eigenvalue weighted by molar-refractivity contribution is -0.139. The minimum Gasteiger partial charge on any atom is -0.494 e. The van der Waals surface area contributed by atoms with Crippen molar-refractivity contribution in [1.29, 1.82) is 0 Å². The van der Waals surface area contributed by atoms with E-state index in [-0.39, 0.29) is 29.1 Å². The summed E-state index contributed by atoms with van der Waals surface area (Å²) in [5.74, 6) is -0.223. The van der Waals surface area contributed by atoms with Crippen molar-refractivity contribution in [2.75, 3.05) is 24.0 Å². The number of carbonyl (C=O) groups is 2. The van der Waals surface area contributed by atoms with Gasteiger partial charge in [-0.2, -0.15) is 0 Å². The molecule has 3 aromatic carbocycles. The standard InChI is InChI=1S/C31H38ClN3O5S/c1-5-23(3)33-31(37)24(4)34(21-20-25-10-8-7-9-11-25)30(36)22-35(27-14-16-28(17-15-27)40-6-2)41(38,39)29-18-12-26(32)13-19-29/h7-19,23-24H,5-6,20-22H2,1-4H3,(H,33,37)/t23-,24-/m1/s1. The molecule has 0 fully saturated rings. The molecule has 0 saturated heterocycles. The first-order valence-corrected chi connectivity index (χ1v) is 15.5. The molecule has 0 aromatic heterocycles. The summed E-state index contributed by atoms with van der Waals surface area (Å²) in [5, 5.41) is 3.33. The second-order valence-corrected chi connectivity index (χ2v) is 12.0. The quantitative estimate of drug-likeness (QED) is 0.271. The molecule has 0 saturated carbocycles. The van der Waals surface area contributed by atoms with Gasteiger partial charge in [0.05, 0.1) is 17.2 Å². The summed E-state index contributed by atoms with van der Waals surface area (Å²) < 4.78 is 34.3. The summed E-state index contributed by atoms with van der Waals surface area (Å²) in [6.07, 6.45) is 1.24. The van der Waals surface area contributed by atoms with E-state index in [0.717, 1.165) is 16.3 Å². The molecule has 41 heavy (non-hydrogen) atoms. The normalized spacial score (nSPS) is 12.7. The molecule has 0 aliphatic heterocycles. The number of nitrogens with zero attached hydrogens (tertiary/aromatic N) is 2. The second kappa shape index (κ2) is 14.9. The fraction of sp³-hybridized carbons (Fsp3) is 0.355. The first-order valence-electron chi connectivity index (χ1n) is 13.7. The van der Waals surface area contributed by atoms with Crippen molar-refractivity contribution in [1.82, 2.24) is 10.2 Å². The number of ether oxygens (including phenoxy) is 1. The maximum Gasteiger partial charge on any atom is 0.264 e. The molecule has 0 unspecified atom stereocenters. The molecular weight excluding hydrogens is 562 g/mol. The minimum absolute atomic E-state index is 0.0121. The van der Waals surface area contributed by atoms with Gasteiger partial charge in [0.2, 0.25) is 11.8 Å². The SMILES string of the molecule is CCOc1ccc(N(CC(=O)N(CCc2ccccc2)[C@H](C)C(=O)N[C@H](C)CC)S(=O)(=O)c2ccc(Cl)cc2)cc1. The molecule has 2 atom stereocenters. The van der Waals surface area contributed by atoms with E-state index in [9.17, 15) is 18.0 Å². The van der Waals surface area contributed by atoms with Gasteiger partial charge >= 0.3 is 0 Å². The predicted octanol–water partition coefficient (Wildman–Crippen LogP) is 5.31. The van der Waals surface area contributed by atoms with Gasteiger partial charge in [-0.3, -0.25) is 13.9 Å². The summed E-state index contributed by atoms with van der Waals surface area (Å²) in [6, 6.07) is 21.0. The zero-order valence-corrected chi connectivity index (χ0v) is 25.5. The summed E-state index contributed by atoms with van der Waals surface area (Å²) in [4.78, 5) is 28.5. The molecular formula is C31H38ClN3O5S. The van der Waals surface area contributed by atoms with Crippen LogP contribution in [-0.4, -0.2) is 56.9 Å². The average Bonchev–Trinajstić information content (AvgIpc) is 2.97. The van der Waals surface area contributed by atoms with Crippen molar-refractivity contribution in [3.63, 3.8) is 0 Å². The number of benzene rings is 3. The van der Waals surface area contributed by atoms with Gasteiger partial charge in [-0.15, -0.1) is 0 Å². The van der Waals surface area contributed by atoms with Crippen molar-refractivity contribution in [3.8, 4) is 5.75 Å². The minimum atomic E-state index is -4.17. The molecule has 0 heterocycles. The Labute approximate surface area is 248 Å². The first kappa shape index (κ1) is 32.0. The van der Waals surface area contributed by atoms with Crippen molar-refractivity contribution >= 4 is 39.1 Å². The third-order valence-corrected chi connectivity index (χ3v) is 8.81. The van der Waals surface area contributed by atoms with E-state index in [1.807, 2.05) is 51.1 Å². The Morgan fingerprint density at radius 2 is 1.56 bits per heavy atom. The summed E-state index contributed by atoms with van der Waals surface area (Å²) in [7, 11) is -4.17. The molecule has 220 valence electrons. The van der Waals surface area contributed by atoms with Crippen LogP contribution in [0.1, 0.15) is 39.7 Å². The van der Waals surface area contributed by atoms with Gasteiger partial charge in [-0.25, -0.2) is 8.42 Å². The molecule has 0 radical (unpaired) electrons. The van der Waals surface area contributed by atoms with Crippen LogP contribution in [0.2, 0.25) is 5.02 Å². The Morgan fingerprint density at radius 3 is 2.15 bits per heavy atom. The molecule has 8 nitrogen and oxygen atoms in total. The van der Waals surface area contributed by atoms with Gasteiger partial charge in [-0.05, 0) is 87.7 Å². The number of hydrogen-bond donors (Lipinski definition) is 1. The van der Waals surface area contributed by atoms with E-state index in [0.29, 0.717) is 23.8 Å². The van der Waals surface area contributed by atoms with Crippen LogP contribution in [0.5, 0.6) is 5.75 Å². The number of sulfonamides is 1. The topological polar surface area (TPSA) is 96.0 Å². The van der Waals surface area contributed by atoms with Crippen molar-refractivity contribution in [3.05, 3.63) is 89.4 Å². The molecule has 0 aliphatic carbocycles. The van der Waals surface area contributed by atoms with Crippen LogP contribution in [0.3, 0.4) is 0 Å². The Morgan fingerprint density at radius 1 is 0.927 bits per heavy atom. The molecule has 0 spiro atoms. The van der Waals surface area contributed by atoms with Gasteiger partial charge < -0.3 is 15.0 Å². The lowest BCUT2D eigenvalue weighted by Crippen LogP contribution is -2.53. The van der Waals surface area contributed by atoms with Crippen LogP contribution in [0.25, 0.3) is 0 Å². The zero-order valence-electron chi connectivity index (χ0n) is 23.9. The molecule has 0 bridgehead atoms. The maximum absolute atomic E-state index is 13.9. The van der Waals surface area contributed by atoms with Crippen molar-refractivity contribution in [2.24, 2.45) is 0 Å². The molecule has 1 N–H and O–H groups in total. The van der Waals surface area contributed by atoms with E-state index in [2.05, 4.69) is 5.32 Å². The highest BCUT2D eigenvalue weighted by Gasteiger charge is 2.32. The monoisotopic (exact) mass is 599 g/mol. The van der Waals surface area contributed by atoms with E-state index in [4.69, 9.17) is 16.3 Å². The van der Waals surface area contributed by atoms with Crippen LogP contribution in [0, 0.1) is 0 Å². The zero-order chi connectivity index (χ0) is 30.0. The summed E-state index contributed by atoms with van der Waals surface area (Å²) >= 11 is 6.01. The summed E-state index contributed by atoms with van der Waals surface area (Å²) in [6.45, 7) is 7.56. The van der Waals surface area contributed by atoms with Gasteiger partial charge in [0.25, 0.3) is 10.0 Å². The first-order chi connectivity index (χ1) is 19.6. The van der Waals surface area contributed by atoms with Crippen LogP contribution in [0.15, 0.2) is 83.8 Å². The Bertz CT molecular complexity index is 1380. The second-order valence-electron chi connectivity index (χ2n) is 9.71. The third-order valence-electron chi connectivity index (χ3n) is 6.77. The number of carbonyl (C=O) groups excluding carboxylic acids is 2. The van der Waals surface area contributed by atoms with Gasteiger partial charge in [0, 0.05) is 17.6 Å². The number of rotatable bonds is 14. The highest BCUT2D eigenvalue weighted by molar-refractivity contribution is 7.92. The Hall–Kier alpha value is -3.56. The van der Waals surface area contributed by atoms with Crippen molar-refractivity contribution in [2.45, 2.75) is 57.5 Å². The molecule has 3 rings (SSSR count). The lowest BCUT2D eigenvalue weighted by atomic mass is 10.1. The number of halogens is 1. The van der Waals surface area contributed by atoms with Crippen LogP contribution in [-0.2, 0) is 26.0 Å². The highest BCUT2D eigenvalue weighted by atomic mass is 35.5. The molecule has 3 aromatic rings. The molecule has 2 amide bonds. The summed E-state index contributed by atoms with van der Waals surface area (Å²) in [5.41, 5.74) is 1.29. The smallest absolute Gasteiger partial charge is 0.264 e. The maximum atomic E-state index is 13.9. The largest absolute Gasteiger partial charge is 0.494 e. The van der Waals surface area contributed by atoms with Crippen molar-refractivity contribution < 1.29 is 22.7 Å². The third kappa shape index (κ3) is 8.71. The van der Waals surface area contributed by atoms with E-state index in [1.165, 1.54) is 29.2 Å². The molecule has 10 heteroatoms. The lowest BCUT2D eigenvalue weighted by Gasteiger charge is -2.32. The Balaban J connectivity index is 1.98. The van der Waals surface area contributed by atoms with Crippen LogP contribution < -0.4 is 14.4 Å². The molecule has 0 aliphatic rings. The number of amides is 2. The fourth-order valence-corrected chi connectivity index (χ4v) is 5.71. The number of nitrogens with one attached hydrogen (secondary N) is 1. The van der Waals surface area contributed by atoms with Crippen LogP contribution >= 0.6 is 11.6 Å². The van der Waals surface area contributed by atoms with Gasteiger partial charge in [0.1, 0.15) is 18.3 Å². The van der Waals surface area contributed by atoms with Gasteiger partial charge in [0.15, 0.2) is 0 Å².